The number of amides is 1. The number of carbonyl (C=O) groups excluding carboxylic acids is 2. The van der Waals surface area contributed by atoms with E-state index >= 15 is 0 Å². The average molecular weight is 972 g/mol. The Hall–Kier alpha value is -5.06. The molecule has 1 saturated heterocycles. The van der Waals surface area contributed by atoms with E-state index in [1.165, 1.54) is 6.20 Å². The lowest BCUT2D eigenvalue weighted by Gasteiger charge is -2.50. The predicted molar refractivity (Wildman–Crippen MR) is 267 cm³/mol. The van der Waals surface area contributed by atoms with E-state index in [1.807, 2.05) is 94.9 Å². The Bertz CT molecular complexity index is 2460. The highest BCUT2D eigenvalue weighted by molar-refractivity contribution is 6.31. The topological polar surface area (TPSA) is 188 Å². The zero-order valence-electron chi connectivity index (χ0n) is 40.3. The number of piperidine rings is 1. The number of hydrogen-bond donors (Lipinski definition) is 4. The van der Waals surface area contributed by atoms with Crippen LogP contribution in [0.5, 0.6) is 11.5 Å². The number of imidazole rings is 1. The Kier molecular flexibility index (Phi) is 17.7. The smallest absolute Gasteiger partial charge is 0.307 e. The number of rotatable bonds is 20. The molecule has 6 N–H and O–H groups in total. The summed E-state index contributed by atoms with van der Waals surface area (Å²) in [7, 11) is 6.04. The maximum absolute atomic E-state index is 14.7. The summed E-state index contributed by atoms with van der Waals surface area (Å²) >= 11 is 12.8. The monoisotopic (exact) mass is 970 g/mol. The SMILES string of the molecule is C[C@H](NCc1ccc(Cl)cc1Oc1ccc(-c2cnc(CN(C)C)n2C)cc1)C(N)[C@@H](CO)C(N)[C@@]1(Cc2ccc(Cl)cc2)CCCN(C(=O)[C@@H](CC(=O)OC(C)(C)C)Cc2cccc[n+]2[O-])C1. The van der Waals surface area contributed by atoms with E-state index in [1.54, 1.807) is 49.9 Å². The van der Waals surface area contributed by atoms with Crippen LogP contribution < -0.4 is 26.3 Å². The molecule has 0 bridgehead atoms. The summed E-state index contributed by atoms with van der Waals surface area (Å²) in [6.07, 6.45) is 4.83. The quantitative estimate of drug-likeness (QED) is 0.0355. The Morgan fingerprint density at radius 3 is 2.40 bits per heavy atom. The molecule has 0 saturated carbocycles. The lowest BCUT2D eigenvalue weighted by atomic mass is 9.64. The number of nitrogens with zero attached hydrogens (tertiary/aromatic N) is 5. The van der Waals surface area contributed by atoms with E-state index in [-0.39, 0.29) is 37.9 Å². The molecular weight excluding hydrogens is 904 g/mol. The molecular formula is C52H68Cl2N8O6. The number of esters is 1. The van der Waals surface area contributed by atoms with Gasteiger partial charge in [-0.1, -0.05) is 47.5 Å². The van der Waals surface area contributed by atoms with Gasteiger partial charge in [0, 0.05) is 102 Å². The summed E-state index contributed by atoms with van der Waals surface area (Å²) in [4.78, 5) is 36.5. The number of aliphatic hydroxyl groups excluding tert-OH is 1. The van der Waals surface area contributed by atoms with Crippen LogP contribution in [0.1, 0.15) is 69.6 Å². The molecule has 0 aliphatic carbocycles. The first-order valence-electron chi connectivity index (χ1n) is 23.3. The van der Waals surface area contributed by atoms with E-state index in [0.29, 0.717) is 59.6 Å². The first kappa shape index (κ1) is 52.3. The molecule has 0 spiro atoms. The highest BCUT2D eigenvalue weighted by atomic mass is 35.5. The second-order valence-electron chi connectivity index (χ2n) is 19.6. The summed E-state index contributed by atoms with van der Waals surface area (Å²) in [5, 5.41) is 28.7. The van der Waals surface area contributed by atoms with Crippen LogP contribution in [0.4, 0.5) is 0 Å². The molecule has 6 rings (SSSR count). The van der Waals surface area contributed by atoms with E-state index < -0.39 is 40.9 Å². The zero-order chi connectivity index (χ0) is 49.3. The van der Waals surface area contributed by atoms with Gasteiger partial charge in [-0.3, -0.25) is 9.59 Å². The standard InChI is InChI=1S/C52H68Cl2N8O6/c1-34(57-29-37-14-19-40(54)27-45(37)67-42-20-15-36(16-21-42)44-30-58-46(60(44)7)31-59(5)6)48(55)43(32-63)49(56)52(28-35-12-17-39(53)18-13-35)22-10-23-61(33-52)50(65)38(26-47(64)68-51(2,3)4)25-41-11-8-9-24-62(41)66/h8-9,11-21,24,27,30,34,38,43,48-49,57,63H,10,22-23,25-26,28-29,31-33,55-56H2,1-7H3/t34-,38+,43+,48?,49?,52+/m0/s1. The van der Waals surface area contributed by atoms with Crippen LogP contribution in [0.2, 0.25) is 10.0 Å². The van der Waals surface area contributed by atoms with Crippen molar-refractivity contribution in [1.29, 1.82) is 0 Å². The largest absolute Gasteiger partial charge is 0.619 e. The molecule has 366 valence electrons. The van der Waals surface area contributed by atoms with Gasteiger partial charge < -0.3 is 50.9 Å². The van der Waals surface area contributed by atoms with Gasteiger partial charge in [0.2, 0.25) is 5.91 Å². The molecule has 14 nitrogen and oxygen atoms in total. The molecule has 6 atom stereocenters. The molecule has 5 aromatic rings. The normalized spacial score (nSPS) is 17.6. The summed E-state index contributed by atoms with van der Waals surface area (Å²) in [5.74, 6) is -0.0796. The van der Waals surface area contributed by atoms with Crippen LogP contribution in [0.15, 0.2) is 97.3 Å². The Balaban J connectivity index is 1.20. The fourth-order valence-corrected chi connectivity index (χ4v) is 9.59. The van der Waals surface area contributed by atoms with Crippen LogP contribution in [0.3, 0.4) is 0 Å². The van der Waals surface area contributed by atoms with Crippen molar-refractivity contribution < 1.29 is 28.9 Å². The molecule has 2 unspecified atom stereocenters. The van der Waals surface area contributed by atoms with Gasteiger partial charge in [0.15, 0.2) is 11.9 Å². The van der Waals surface area contributed by atoms with Crippen molar-refractivity contribution in [3.8, 4) is 22.8 Å². The summed E-state index contributed by atoms with van der Waals surface area (Å²) in [5.41, 5.74) is 17.2. The number of nitrogens with one attached hydrogen (secondary N) is 1. The van der Waals surface area contributed by atoms with Gasteiger partial charge in [0.05, 0.1) is 30.8 Å². The molecule has 3 aromatic carbocycles. The number of ether oxygens (including phenoxy) is 2. The lowest BCUT2D eigenvalue weighted by molar-refractivity contribution is -0.614. The van der Waals surface area contributed by atoms with E-state index in [2.05, 4.69) is 19.8 Å². The van der Waals surface area contributed by atoms with Gasteiger partial charge in [-0.25, -0.2) is 4.98 Å². The predicted octanol–water partition coefficient (Wildman–Crippen LogP) is 7.06. The van der Waals surface area contributed by atoms with Crippen molar-refractivity contribution in [3.05, 3.63) is 135 Å². The molecule has 1 aliphatic rings. The highest BCUT2D eigenvalue weighted by Gasteiger charge is 2.47. The maximum atomic E-state index is 14.7. The third-order valence-electron chi connectivity index (χ3n) is 12.9. The average Bonchev–Trinajstić information content (AvgIpc) is 3.65. The molecule has 0 radical (unpaired) electrons. The van der Waals surface area contributed by atoms with Gasteiger partial charge in [-0.05, 0) is 115 Å². The summed E-state index contributed by atoms with van der Waals surface area (Å²) in [6, 6.07) is 24.3. The van der Waals surface area contributed by atoms with Crippen molar-refractivity contribution in [2.75, 3.05) is 33.8 Å². The molecule has 3 heterocycles. The van der Waals surface area contributed by atoms with E-state index in [4.69, 9.17) is 44.1 Å². The Morgan fingerprint density at radius 2 is 1.74 bits per heavy atom. The van der Waals surface area contributed by atoms with Gasteiger partial charge in [-0.15, -0.1) is 0 Å². The molecule has 2 aromatic heterocycles. The highest BCUT2D eigenvalue weighted by Crippen LogP contribution is 2.41. The number of pyridine rings is 1. The van der Waals surface area contributed by atoms with Crippen molar-refractivity contribution in [1.82, 2.24) is 24.7 Å². The Morgan fingerprint density at radius 1 is 1.03 bits per heavy atom. The summed E-state index contributed by atoms with van der Waals surface area (Å²) < 4.78 is 14.9. The first-order valence-corrected chi connectivity index (χ1v) is 24.0. The van der Waals surface area contributed by atoms with Gasteiger partial charge >= 0.3 is 5.97 Å². The number of likely N-dealkylation sites (tertiary alicyclic amines) is 1. The minimum atomic E-state index is -0.871. The van der Waals surface area contributed by atoms with Crippen LogP contribution >= 0.6 is 23.2 Å². The van der Waals surface area contributed by atoms with Crippen LogP contribution in [0, 0.1) is 22.5 Å². The van der Waals surface area contributed by atoms with Gasteiger partial charge in [-0.2, -0.15) is 4.73 Å². The van der Waals surface area contributed by atoms with Crippen molar-refractivity contribution >= 4 is 35.1 Å². The number of nitrogens with two attached hydrogens (primary N) is 2. The molecule has 1 fully saturated rings. The number of benzene rings is 3. The minimum Gasteiger partial charge on any atom is -0.619 e. The van der Waals surface area contributed by atoms with E-state index in [9.17, 15) is 19.9 Å². The van der Waals surface area contributed by atoms with Crippen molar-refractivity contribution in [2.45, 2.75) is 96.6 Å². The summed E-state index contributed by atoms with van der Waals surface area (Å²) in [6.45, 7) is 8.76. The van der Waals surface area contributed by atoms with Gasteiger partial charge in [0.25, 0.3) is 0 Å². The zero-order valence-corrected chi connectivity index (χ0v) is 41.8. The van der Waals surface area contributed by atoms with Crippen LogP contribution in [0.25, 0.3) is 11.3 Å². The number of halogens is 2. The Labute approximate surface area is 411 Å². The number of hydrogen-bond acceptors (Lipinski definition) is 11. The van der Waals surface area contributed by atoms with Gasteiger partial charge in [0.1, 0.15) is 22.9 Å². The second kappa shape index (κ2) is 23.0. The fraction of sp³-hybridized carbons (Fsp3) is 0.462. The third-order valence-corrected chi connectivity index (χ3v) is 13.4. The van der Waals surface area contributed by atoms with Crippen LogP contribution in [-0.4, -0.2) is 93.9 Å². The third kappa shape index (κ3) is 13.6. The minimum absolute atomic E-state index is 0.0411. The number of carbonyl (C=O) groups is 2. The van der Waals surface area contributed by atoms with Crippen LogP contribution in [-0.2, 0) is 47.3 Å². The lowest BCUT2D eigenvalue weighted by Crippen LogP contribution is -2.63. The first-order chi connectivity index (χ1) is 32.2. The molecule has 16 heteroatoms. The molecule has 68 heavy (non-hydrogen) atoms. The fourth-order valence-electron chi connectivity index (χ4n) is 9.30. The number of aliphatic hydroxyl groups is 1. The van der Waals surface area contributed by atoms with Crippen molar-refractivity contribution in [3.63, 3.8) is 0 Å². The van der Waals surface area contributed by atoms with Crippen molar-refractivity contribution in [2.24, 2.45) is 35.8 Å². The molecule has 1 aliphatic heterocycles. The second-order valence-corrected chi connectivity index (χ2v) is 20.5. The molecule has 1 amide bonds. The number of aromatic nitrogens is 3. The van der Waals surface area contributed by atoms with E-state index in [0.717, 1.165) is 39.5 Å². The maximum Gasteiger partial charge on any atom is 0.307 e.